The lowest BCUT2D eigenvalue weighted by atomic mass is 9.89. The molecule has 0 fully saturated rings. The van der Waals surface area contributed by atoms with Crippen LogP contribution in [0.4, 0.5) is 10.1 Å². The van der Waals surface area contributed by atoms with Gasteiger partial charge in [0.25, 0.3) is 0 Å². The fraction of sp³-hybridized carbons (Fsp3) is 0.263. The molecule has 0 saturated carbocycles. The zero-order valence-corrected chi connectivity index (χ0v) is 13.4. The molecule has 0 aromatic heterocycles. The Morgan fingerprint density at radius 3 is 2.79 bits per heavy atom. The number of nitrogens with one attached hydrogen (secondary N) is 2. The molecule has 2 atom stereocenters. The zero-order chi connectivity index (χ0) is 17.1. The van der Waals surface area contributed by atoms with Crippen molar-refractivity contribution in [3.63, 3.8) is 0 Å². The van der Waals surface area contributed by atoms with Crippen LogP contribution in [0.5, 0.6) is 0 Å². The maximum Gasteiger partial charge on any atom is 0.228 e. The summed E-state index contributed by atoms with van der Waals surface area (Å²) < 4.78 is 13.3. The molecule has 0 saturated heterocycles. The molecule has 0 spiro atoms. The van der Waals surface area contributed by atoms with Crippen molar-refractivity contribution in [1.29, 1.82) is 0 Å². The van der Waals surface area contributed by atoms with Crippen molar-refractivity contribution in [2.45, 2.75) is 25.2 Å². The second-order valence-electron chi connectivity index (χ2n) is 6.09. The molecule has 4 nitrogen and oxygen atoms in total. The third-order valence-corrected chi connectivity index (χ3v) is 4.32. The van der Waals surface area contributed by atoms with Crippen molar-refractivity contribution in [3.8, 4) is 0 Å². The van der Waals surface area contributed by atoms with Gasteiger partial charge in [-0.15, -0.1) is 0 Å². The highest BCUT2D eigenvalue weighted by Crippen LogP contribution is 2.32. The molecule has 2 N–H and O–H groups in total. The number of anilines is 1. The molecule has 1 heterocycles. The molecule has 2 amide bonds. The number of benzene rings is 2. The van der Waals surface area contributed by atoms with Crippen molar-refractivity contribution in [2.75, 3.05) is 11.9 Å². The minimum atomic E-state index is -0.586. The molecule has 5 heteroatoms. The van der Waals surface area contributed by atoms with E-state index in [1.807, 2.05) is 37.3 Å². The smallest absolute Gasteiger partial charge is 0.228 e. The minimum absolute atomic E-state index is 0.0736. The lowest BCUT2D eigenvalue weighted by Crippen LogP contribution is -2.36. The van der Waals surface area contributed by atoms with Crippen LogP contribution in [0.2, 0.25) is 0 Å². The summed E-state index contributed by atoms with van der Waals surface area (Å²) in [5, 5.41) is 5.53. The maximum absolute atomic E-state index is 13.3. The second-order valence-corrected chi connectivity index (χ2v) is 6.09. The SMILES string of the molecule is C[C@@H](CNC(=O)[C@H]1CC(=O)Nc2cc(F)ccc21)c1ccccc1. The summed E-state index contributed by atoms with van der Waals surface area (Å²) in [6.07, 6.45) is 0.0736. The number of hydrogen-bond donors (Lipinski definition) is 2. The summed E-state index contributed by atoms with van der Waals surface area (Å²) in [6.45, 7) is 2.52. The Balaban J connectivity index is 1.70. The Kier molecular flexibility index (Phi) is 4.60. The average Bonchev–Trinajstić information content (AvgIpc) is 2.59. The number of carbonyl (C=O) groups is 2. The van der Waals surface area contributed by atoms with Crippen LogP contribution in [-0.2, 0) is 9.59 Å². The fourth-order valence-corrected chi connectivity index (χ4v) is 2.95. The molecule has 124 valence electrons. The molecular formula is C19H19FN2O2. The van der Waals surface area contributed by atoms with E-state index < -0.39 is 11.7 Å². The third kappa shape index (κ3) is 3.45. The van der Waals surface area contributed by atoms with Crippen LogP contribution in [-0.4, -0.2) is 18.4 Å². The van der Waals surface area contributed by atoms with Gasteiger partial charge in [0.05, 0.1) is 5.92 Å². The van der Waals surface area contributed by atoms with Crippen molar-refractivity contribution < 1.29 is 14.0 Å². The average molecular weight is 326 g/mol. The first kappa shape index (κ1) is 16.2. The first-order valence-electron chi connectivity index (χ1n) is 7.96. The van der Waals surface area contributed by atoms with Gasteiger partial charge in [0, 0.05) is 18.7 Å². The monoisotopic (exact) mass is 326 g/mol. The number of amides is 2. The molecule has 0 radical (unpaired) electrons. The molecule has 0 aliphatic carbocycles. The van der Waals surface area contributed by atoms with E-state index >= 15 is 0 Å². The second kappa shape index (κ2) is 6.83. The standard InChI is InChI=1S/C19H19FN2O2/c1-12(13-5-3-2-4-6-13)11-21-19(24)16-10-18(23)22-17-9-14(20)7-8-15(16)17/h2-9,12,16H,10-11H2,1H3,(H,21,24)(H,22,23)/t12-,16-/m0/s1. The first-order valence-corrected chi connectivity index (χ1v) is 7.96. The van der Waals surface area contributed by atoms with Gasteiger partial charge in [-0.2, -0.15) is 0 Å². The van der Waals surface area contributed by atoms with E-state index in [0.29, 0.717) is 17.8 Å². The van der Waals surface area contributed by atoms with E-state index in [-0.39, 0.29) is 24.2 Å². The molecule has 1 aliphatic rings. The molecule has 2 aromatic rings. The van der Waals surface area contributed by atoms with Crippen molar-refractivity contribution in [2.24, 2.45) is 0 Å². The summed E-state index contributed by atoms with van der Waals surface area (Å²) in [7, 11) is 0. The van der Waals surface area contributed by atoms with Crippen LogP contribution in [0, 0.1) is 5.82 Å². The number of fused-ring (bicyclic) bond motifs is 1. The maximum atomic E-state index is 13.3. The lowest BCUT2D eigenvalue weighted by Gasteiger charge is -2.25. The zero-order valence-electron chi connectivity index (χ0n) is 13.4. The number of carbonyl (C=O) groups excluding carboxylic acids is 2. The van der Waals surface area contributed by atoms with Crippen LogP contribution in [0.25, 0.3) is 0 Å². The predicted octanol–water partition coefficient (Wildman–Crippen LogP) is 3.17. The molecular weight excluding hydrogens is 307 g/mol. The number of halogens is 1. The molecule has 2 aromatic carbocycles. The highest BCUT2D eigenvalue weighted by Gasteiger charge is 2.30. The van der Waals surface area contributed by atoms with Gasteiger partial charge in [0.1, 0.15) is 5.82 Å². The molecule has 3 rings (SSSR count). The lowest BCUT2D eigenvalue weighted by molar-refractivity contribution is -0.126. The quantitative estimate of drug-likeness (QED) is 0.907. The summed E-state index contributed by atoms with van der Waals surface area (Å²) in [4.78, 5) is 24.3. The molecule has 0 bridgehead atoms. The van der Waals surface area contributed by atoms with Crippen LogP contribution in [0.1, 0.15) is 36.3 Å². The number of rotatable bonds is 4. The largest absolute Gasteiger partial charge is 0.355 e. The topological polar surface area (TPSA) is 58.2 Å². The molecule has 1 aliphatic heterocycles. The van der Waals surface area contributed by atoms with E-state index in [0.717, 1.165) is 5.56 Å². The summed E-state index contributed by atoms with van der Waals surface area (Å²) in [5.74, 6) is -1.34. The van der Waals surface area contributed by atoms with Crippen molar-refractivity contribution >= 4 is 17.5 Å². The predicted molar refractivity (Wildman–Crippen MR) is 90.3 cm³/mol. The highest BCUT2D eigenvalue weighted by molar-refractivity contribution is 6.01. The first-order chi connectivity index (χ1) is 11.5. The van der Waals surface area contributed by atoms with Crippen LogP contribution < -0.4 is 10.6 Å². The third-order valence-electron chi connectivity index (χ3n) is 4.32. The van der Waals surface area contributed by atoms with E-state index in [2.05, 4.69) is 10.6 Å². The van der Waals surface area contributed by atoms with Crippen molar-refractivity contribution in [1.82, 2.24) is 5.32 Å². The summed E-state index contributed by atoms with van der Waals surface area (Å²) in [5.41, 5.74) is 2.17. The van der Waals surface area contributed by atoms with Gasteiger partial charge in [0.15, 0.2) is 0 Å². The van der Waals surface area contributed by atoms with Gasteiger partial charge in [0.2, 0.25) is 11.8 Å². The summed E-state index contributed by atoms with van der Waals surface area (Å²) in [6, 6.07) is 14.0. The Morgan fingerprint density at radius 1 is 1.29 bits per heavy atom. The van der Waals surface area contributed by atoms with E-state index in [4.69, 9.17) is 0 Å². The highest BCUT2D eigenvalue weighted by atomic mass is 19.1. The normalized spacial score (nSPS) is 17.6. The van der Waals surface area contributed by atoms with Gasteiger partial charge in [-0.3, -0.25) is 9.59 Å². The van der Waals surface area contributed by atoms with Gasteiger partial charge >= 0.3 is 0 Å². The Bertz CT molecular complexity index is 761. The van der Waals surface area contributed by atoms with Gasteiger partial charge in [-0.05, 0) is 29.2 Å². The van der Waals surface area contributed by atoms with Gasteiger partial charge in [-0.1, -0.05) is 43.3 Å². The molecule has 0 unspecified atom stereocenters. The van der Waals surface area contributed by atoms with Gasteiger partial charge in [-0.25, -0.2) is 4.39 Å². The fourth-order valence-electron chi connectivity index (χ4n) is 2.95. The van der Waals surface area contributed by atoms with Crippen LogP contribution in [0.15, 0.2) is 48.5 Å². The van der Waals surface area contributed by atoms with E-state index in [1.54, 1.807) is 6.07 Å². The summed E-state index contributed by atoms with van der Waals surface area (Å²) >= 11 is 0. The Morgan fingerprint density at radius 2 is 2.04 bits per heavy atom. The van der Waals surface area contributed by atoms with Gasteiger partial charge < -0.3 is 10.6 Å². The van der Waals surface area contributed by atoms with E-state index in [1.165, 1.54) is 12.1 Å². The molecule has 24 heavy (non-hydrogen) atoms. The minimum Gasteiger partial charge on any atom is -0.355 e. The van der Waals surface area contributed by atoms with E-state index in [9.17, 15) is 14.0 Å². The Labute approximate surface area is 140 Å². The number of hydrogen-bond acceptors (Lipinski definition) is 2. The van der Waals surface area contributed by atoms with Crippen LogP contribution in [0.3, 0.4) is 0 Å². The van der Waals surface area contributed by atoms with Crippen molar-refractivity contribution in [3.05, 3.63) is 65.5 Å². The Hall–Kier alpha value is -2.69. The van der Waals surface area contributed by atoms with Crippen LogP contribution >= 0.6 is 0 Å².